The van der Waals surface area contributed by atoms with E-state index in [0.717, 1.165) is 11.1 Å². The molecule has 0 aliphatic carbocycles. The van der Waals surface area contributed by atoms with Crippen LogP contribution in [0.15, 0.2) is 78.3 Å². The Morgan fingerprint density at radius 2 is 1.74 bits per heavy atom. The minimum absolute atomic E-state index is 0.138. The molecule has 0 spiro atoms. The van der Waals surface area contributed by atoms with E-state index >= 15 is 0 Å². The first-order valence-electron chi connectivity index (χ1n) is 7.07. The normalized spacial score (nSPS) is 12.0. The molecule has 0 heterocycles. The van der Waals surface area contributed by atoms with Crippen LogP contribution in [0.2, 0.25) is 0 Å². The van der Waals surface area contributed by atoms with Gasteiger partial charge in [0.2, 0.25) is 0 Å². The Morgan fingerprint density at radius 3 is 2.30 bits per heavy atom. The average molecular weight is 348 g/mol. The SMILES string of the molecule is C=CCN(/C=C(\Cl)c1ccccc1)S(=O)(=O)c1ccc(C)cc1. The van der Waals surface area contributed by atoms with Crippen LogP contribution in [0.1, 0.15) is 11.1 Å². The van der Waals surface area contributed by atoms with Gasteiger partial charge < -0.3 is 0 Å². The van der Waals surface area contributed by atoms with Crippen molar-refractivity contribution in [2.75, 3.05) is 6.54 Å². The van der Waals surface area contributed by atoms with Crippen molar-refractivity contribution in [3.05, 3.63) is 84.6 Å². The lowest BCUT2D eigenvalue weighted by atomic mass is 10.2. The fourth-order valence-electron chi connectivity index (χ4n) is 1.99. The summed E-state index contributed by atoms with van der Waals surface area (Å²) in [6.45, 7) is 5.67. The van der Waals surface area contributed by atoms with Crippen LogP contribution < -0.4 is 0 Å². The summed E-state index contributed by atoms with van der Waals surface area (Å²) in [7, 11) is -3.68. The molecule has 0 N–H and O–H groups in total. The lowest BCUT2D eigenvalue weighted by molar-refractivity contribution is 0.523. The van der Waals surface area contributed by atoms with Gasteiger partial charge in [-0.25, -0.2) is 8.42 Å². The molecule has 120 valence electrons. The van der Waals surface area contributed by atoms with E-state index in [1.54, 1.807) is 24.3 Å². The molecule has 0 aliphatic rings. The van der Waals surface area contributed by atoms with Crippen molar-refractivity contribution in [2.24, 2.45) is 0 Å². The molecule has 0 aromatic heterocycles. The third-order valence-electron chi connectivity index (χ3n) is 3.24. The van der Waals surface area contributed by atoms with Crippen molar-refractivity contribution in [1.29, 1.82) is 0 Å². The highest BCUT2D eigenvalue weighted by molar-refractivity contribution is 7.89. The molecular weight excluding hydrogens is 330 g/mol. The lowest BCUT2D eigenvalue weighted by Gasteiger charge is -2.19. The first kappa shape index (κ1) is 17.3. The van der Waals surface area contributed by atoms with Crippen LogP contribution in [0.5, 0.6) is 0 Å². The second-order valence-electron chi connectivity index (χ2n) is 5.02. The molecule has 2 aromatic rings. The molecule has 0 radical (unpaired) electrons. The van der Waals surface area contributed by atoms with Gasteiger partial charge in [0.25, 0.3) is 10.0 Å². The maximum atomic E-state index is 12.8. The minimum Gasteiger partial charge on any atom is -0.268 e. The summed E-state index contributed by atoms with van der Waals surface area (Å²) in [5, 5.41) is 0.350. The number of nitrogens with zero attached hydrogens (tertiary/aromatic N) is 1. The predicted molar refractivity (Wildman–Crippen MR) is 95.5 cm³/mol. The monoisotopic (exact) mass is 347 g/mol. The van der Waals surface area contributed by atoms with Gasteiger partial charge in [-0.3, -0.25) is 4.31 Å². The van der Waals surface area contributed by atoms with Crippen molar-refractivity contribution in [2.45, 2.75) is 11.8 Å². The topological polar surface area (TPSA) is 37.4 Å². The zero-order valence-electron chi connectivity index (χ0n) is 12.8. The highest BCUT2D eigenvalue weighted by Crippen LogP contribution is 2.23. The van der Waals surface area contributed by atoms with Crippen molar-refractivity contribution < 1.29 is 8.42 Å². The van der Waals surface area contributed by atoms with Gasteiger partial charge in [-0.15, -0.1) is 6.58 Å². The number of aryl methyl sites for hydroxylation is 1. The number of hydrogen-bond acceptors (Lipinski definition) is 2. The van der Waals surface area contributed by atoms with E-state index in [4.69, 9.17) is 11.6 Å². The van der Waals surface area contributed by atoms with Crippen molar-refractivity contribution in [3.8, 4) is 0 Å². The van der Waals surface area contributed by atoms with Gasteiger partial charge in [-0.1, -0.05) is 65.7 Å². The molecule has 2 rings (SSSR count). The first-order chi connectivity index (χ1) is 10.9. The zero-order chi connectivity index (χ0) is 16.9. The molecular formula is C18H18ClNO2S. The van der Waals surface area contributed by atoms with Gasteiger partial charge in [-0.05, 0) is 24.6 Å². The highest BCUT2D eigenvalue weighted by atomic mass is 35.5. The largest absolute Gasteiger partial charge is 0.268 e. The molecule has 0 atom stereocenters. The minimum atomic E-state index is -3.68. The third kappa shape index (κ3) is 4.24. The molecule has 0 aliphatic heterocycles. The van der Waals surface area contributed by atoms with Crippen LogP contribution >= 0.6 is 11.6 Å². The van der Waals surface area contributed by atoms with E-state index < -0.39 is 10.0 Å². The molecule has 0 saturated heterocycles. The van der Waals surface area contributed by atoms with Crippen molar-refractivity contribution >= 4 is 26.7 Å². The number of halogens is 1. The van der Waals surface area contributed by atoms with E-state index in [1.165, 1.54) is 16.6 Å². The van der Waals surface area contributed by atoms with Gasteiger partial charge in [0.05, 0.1) is 16.5 Å². The molecule has 0 fully saturated rings. The van der Waals surface area contributed by atoms with Gasteiger partial charge in [0.1, 0.15) is 0 Å². The Hall–Kier alpha value is -2.04. The number of hydrogen-bond donors (Lipinski definition) is 0. The second kappa shape index (κ2) is 7.49. The molecule has 3 nitrogen and oxygen atoms in total. The molecule has 5 heteroatoms. The van der Waals surface area contributed by atoms with Crippen LogP contribution in [0, 0.1) is 6.92 Å². The van der Waals surface area contributed by atoms with E-state index in [9.17, 15) is 8.42 Å². The van der Waals surface area contributed by atoms with Gasteiger partial charge in [-0.2, -0.15) is 0 Å². The Kier molecular flexibility index (Phi) is 5.64. The van der Waals surface area contributed by atoms with Crippen LogP contribution in [-0.2, 0) is 10.0 Å². The van der Waals surface area contributed by atoms with E-state index in [0.29, 0.717) is 5.03 Å². The fraction of sp³-hybridized carbons (Fsp3) is 0.111. The first-order valence-corrected chi connectivity index (χ1v) is 8.89. The summed E-state index contributed by atoms with van der Waals surface area (Å²) in [5.41, 5.74) is 1.75. The second-order valence-corrected chi connectivity index (χ2v) is 7.32. The van der Waals surface area contributed by atoms with Gasteiger partial charge >= 0.3 is 0 Å². The Balaban J connectivity index is 2.41. The molecule has 0 bridgehead atoms. The standard InChI is InChI=1S/C18H18ClNO2S/c1-3-13-20(14-18(19)16-7-5-4-6-8-16)23(21,22)17-11-9-15(2)10-12-17/h3-12,14H,1,13H2,2H3/b18-14-. The predicted octanol–water partition coefficient (Wildman–Crippen LogP) is 4.41. The van der Waals surface area contributed by atoms with Gasteiger partial charge in [0, 0.05) is 6.20 Å². The highest BCUT2D eigenvalue weighted by Gasteiger charge is 2.21. The molecule has 2 aromatic carbocycles. The summed E-state index contributed by atoms with van der Waals surface area (Å²) >= 11 is 6.28. The van der Waals surface area contributed by atoms with E-state index in [2.05, 4.69) is 6.58 Å². The summed E-state index contributed by atoms with van der Waals surface area (Å²) < 4.78 is 26.7. The molecule has 0 amide bonds. The maximum absolute atomic E-state index is 12.8. The van der Waals surface area contributed by atoms with E-state index in [-0.39, 0.29) is 11.4 Å². The quantitative estimate of drug-likeness (QED) is 0.726. The summed E-state index contributed by atoms with van der Waals surface area (Å²) in [6, 6.07) is 15.9. The van der Waals surface area contributed by atoms with Crippen LogP contribution in [0.4, 0.5) is 0 Å². The van der Waals surface area contributed by atoms with Crippen LogP contribution in [0.3, 0.4) is 0 Å². The molecule has 23 heavy (non-hydrogen) atoms. The van der Waals surface area contributed by atoms with Crippen LogP contribution in [-0.4, -0.2) is 19.3 Å². The molecule has 0 unspecified atom stereocenters. The van der Waals surface area contributed by atoms with Crippen molar-refractivity contribution in [3.63, 3.8) is 0 Å². The Labute approximate surface area is 142 Å². The van der Waals surface area contributed by atoms with Crippen LogP contribution in [0.25, 0.3) is 5.03 Å². The Bertz CT molecular complexity index is 797. The number of rotatable bonds is 6. The van der Waals surface area contributed by atoms with Gasteiger partial charge in [0.15, 0.2) is 0 Å². The number of sulfonamides is 1. The lowest BCUT2D eigenvalue weighted by Crippen LogP contribution is -2.26. The Morgan fingerprint density at radius 1 is 1.13 bits per heavy atom. The summed E-state index contributed by atoms with van der Waals surface area (Å²) in [5.74, 6) is 0. The van der Waals surface area contributed by atoms with E-state index in [1.807, 2.05) is 37.3 Å². The number of benzene rings is 2. The van der Waals surface area contributed by atoms with Crippen molar-refractivity contribution in [1.82, 2.24) is 4.31 Å². The average Bonchev–Trinajstić information content (AvgIpc) is 2.55. The summed E-state index contributed by atoms with van der Waals surface area (Å²) in [4.78, 5) is 0.221. The third-order valence-corrected chi connectivity index (χ3v) is 5.30. The smallest absolute Gasteiger partial charge is 0.264 e. The molecule has 0 saturated carbocycles. The summed E-state index contributed by atoms with van der Waals surface area (Å²) in [6.07, 6.45) is 2.95. The maximum Gasteiger partial charge on any atom is 0.264 e. The zero-order valence-corrected chi connectivity index (χ0v) is 14.4. The fourth-order valence-corrected chi connectivity index (χ4v) is 3.59.